The molecule has 0 aromatic heterocycles. The van der Waals surface area contributed by atoms with E-state index in [2.05, 4.69) is 19.1 Å². The van der Waals surface area contributed by atoms with Crippen LogP contribution >= 0.6 is 0 Å². The zero-order valence-electron chi connectivity index (χ0n) is 13.9. The average molecular weight is 423 g/mol. The molecule has 2 nitrogen and oxygen atoms in total. The molecule has 0 aliphatic rings. The van der Waals surface area contributed by atoms with Gasteiger partial charge in [0.25, 0.3) is 0 Å². The van der Waals surface area contributed by atoms with Crippen LogP contribution in [0.1, 0.15) is 96.8 Å². The van der Waals surface area contributed by atoms with Crippen molar-refractivity contribution in [1.82, 2.24) is 0 Å². The van der Waals surface area contributed by atoms with Gasteiger partial charge in [0.05, 0.1) is 0 Å². The fourth-order valence-electron chi connectivity index (χ4n) is 2.35. The molecule has 0 aliphatic carbocycles. The van der Waals surface area contributed by atoms with Crippen LogP contribution in [0.5, 0.6) is 0 Å². The fourth-order valence-corrected chi connectivity index (χ4v) is 2.35. The van der Waals surface area contributed by atoms with Gasteiger partial charge in [-0.15, -0.1) is 0 Å². The molecule has 0 unspecified atom stereocenters. The van der Waals surface area contributed by atoms with E-state index in [1.165, 1.54) is 70.6 Å². The Kier molecular flexibility index (Phi) is 23.4. The summed E-state index contributed by atoms with van der Waals surface area (Å²) in [5.41, 5.74) is 0. The van der Waals surface area contributed by atoms with E-state index in [0.29, 0.717) is 6.42 Å². The van der Waals surface area contributed by atoms with E-state index in [0.717, 1.165) is 12.8 Å². The van der Waals surface area contributed by atoms with Crippen LogP contribution in [-0.4, -0.2) is 11.1 Å². The molecule has 0 spiro atoms. The number of carboxylic acids is 1. The summed E-state index contributed by atoms with van der Waals surface area (Å²) in [6, 6.07) is 0. The Bertz CT molecular complexity index is 239. The van der Waals surface area contributed by atoms with Crippen LogP contribution in [0.15, 0.2) is 12.2 Å². The summed E-state index contributed by atoms with van der Waals surface area (Å²) in [6.07, 6.45) is 21.2. The summed E-state index contributed by atoms with van der Waals surface area (Å²) in [4.78, 5) is 10.3. The van der Waals surface area contributed by atoms with Crippen molar-refractivity contribution in [2.45, 2.75) is 96.8 Å². The second-order valence-electron chi connectivity index (χ2n) is 5.73. The first kappa shape index (κ1) is 23.8. The number of carboxylic acid groups (broad SMARTS) is 1. The molecule has 0 aromatic carbocycles. The second-order valence-corrected chi connectivity index (χ2v) is 5.73. The summed E-state index contributed by atoms with van der Waals surface area (Å²) in [5, 5.41) is 8.51. The zero-order chi connectivity index (χ0) is 14.9. The maximum atomic E-state index is 10.3. The Hall–Kier alpha value is 0.587. The van der Waals surface area contributed by atoms with Crippen molar-refractivity contribution in [2.75, 3.05) is 0 Å². The van der Waals surface area contributed by atoms with Crippen LogP contribution in [-0.2, 0) is 4.79 Å². The molecule has 1 N–H and O–H groups in total. The monoisotopic (exact) mass is 422 g/mol. The van der Waals surface area contributed by atoms with Crippen LogP contribution in [0.25, 0.3) is 0 Å². The van der Waals surface area contributed by atoms with Crippen molar-refractivity contribution < 1.29 is 51.6 Å². The molecule has 0 rings (SSSR count). The van der Waals surface area contributed by atoms with Gasteiger partial charge >= 0.3 is 5.97 Å². The zero-order valence-corrected chi connectivity index (χ0v) is 17.0. The largest absolute Gasteiger partial charge is 0.481 e. The molecule has 0 radical (unpaired) electrons. The molecule has 0 saturated carbocycles. The van der Waals surface area contributed by atoms with Crippen molar-refractivity contribution in [1.29, 1.82) is 0 Å². The summed E-state index contributed by atoms with van der Waals surface area (Å²) in [5.74, 6) is -0.664. The molecule has 3 heteroatoms. The van der Waals surface area contributed by atoms with Gasteiger partial charge in [-0.3, -0.25) is 4.79 Å². The summed E-state index contributed by atoms with van der Waals surface area (Å²) in [6.45, 7) is 2.26. The Morgan fingerprint density at radius 3 is 1.67 bits per heavy atom. The SMILES string of the molecule is CCCCCCCCC=CCCCCCCCC(=O)O.[Ce]. The molecule has 0 atom stereocenters. The van der Waals surface area contributed by atoms with Crippen molar-refractivity contribution in [2.24, 2.45) is 0 Å². The molecular weight excluding hydrogens is 388 g/mol. The molecule has 0 heterocycles. The summed E-state index contributed by atoms with van der Waals surface area (Å²) in [7, 11) is 0. The Labute approximate surface area is 165 Å². The third-order valence-electron chi connectivity index (χ3n) is 3.65. The molecule has 0 aromatic rings. The number of carbonyl (C=O) groups is 1. The molecule has 0 saturated heterocycles. The molecule has 0 fully saturated rings. The predicted molar refractivity (Wildman–Crippen MR) is 87.1 cm³/mol. The first-order valence-electron chi connectivity index (χ1n) is 8.64. The van der Waals surface area contributed by atoms with Crippen molar-refractivity contribution in [3.05, 3.63) is 12.2 Å². The van der Waals surface area contributed by atoms with Gasteiger partial charge in [-0.05, 0) is 32.1 Å². The van der Waals surface area contributed by atoms with E-state index in [-0.39, 0.29) is 41.7 Å². The summed E-state index contributed by atoms with van der Waals surface area (Å²) < 4.78 is 0. The minimum Gasteiger partial charge on any atom is -0.481 e. The topological polar surface area (TPSA) is 37.3 Å². The normalized spacial score (nSPS) is 10.7. The number of aliphatic carboxylic acids is 1. The molecular formula is C18H34CeO2. The van der Waals surface area contributed by atoms with Gasteiger partial charge in [0.2, 0.25) is 0 Å². The Morgan fingerprint density at radius 2 is 1.19 bits per heavy atom. The van der Waals surface area contributed by atoms with Crippen LogP contribution in [0.2, 0.25) is 0 Å². The van der Waals surface area contributed by atoms with Crippen LogP contribution < -0.4 is 0 Å². The van der Waals surface area contributed by atoms with E-state index in [9.17, 15) is 4.79 Å². The minimum absolute atomic E-state index is 0. The van der Waals surface area contributed by atoms with E-state index >= 15 is 0 Å². The van der Waals surface area contributed by atoms with Gasteiger partial charge < -0.3 is 5.11 Å². The number of rotatable bonds is 15. The molecule has 0 amide bonds. The predicted octanol–water partition coefficient (Wildman–Crippen LogP) is 6.11. The first-order valence-corrected chi connectivity index (χ1v) is 8.64. The molecule has 0 bridgehead atoms. The van der Waals surface area contributed by atoms with Crippen molar-refractivity contribution in [3.8, 4) is 0 Å². The van der Waals surface area contributed by atoms with Gasteiger partial charge in [-0.25, -0.2) is 0 Å². The quantitative estimate of drug-likeness (QED) is 0.255. The molecule has 21 heavy (non-hydrogen) atoms. The number of allylic oxidation sites excluding steroid dienone is 2. The number of unbranched alkanes of at least 4 members (excludes halogenated alkanes) is 11. The van der Waals surface area contributed by atoms with Crippen molar-refractivity contribution >= 4 is 5.97 Å². The molecule has 122 valence electrons. The maximum absolute atomic E-state index is 10.3. The van der Waals surface area contributed by atoms with Crippen molar-refractivity contribution in [3.63, 3.8) is 0 Å². The van der Waals surface area contributed by atoms with Gasteiger partial charge in [-0.1, -0.05) is 70.4 Å². The van der Waals surface area contributed by atoms with Gasteiger partial charge in [0.15, 0.2) is 0 Å². The van der Waals surface area contributed by atoms with E-state index in [4.69, 9.17) is 5.11 Å². The summed E-state index contributed by atoms with van der Waals surface area (Å²) >= 11 is 0. The van der Waals surface area contributed by atoms with Gasteiger partial charge in [-0.2, -0.15) is 0 Å². The third-order valence-corrected chi connectivity index (χ3v) is 3.65. The van der Waals surface area contributed by atoms with Crippen LogP contribution in [0, 0.1) is 41.7 Å². The smallest absolute Gasteiger partial charge is 0.303 e. The van der Waals surface area contributed by atoms with Crippen LogP contribution in [0.3, 0.4) is 0 Å². The average Bonchev–Trinajstić information content (AvgIpc) is 2.43. The number of hydrogen-bond acceptors (Lipinski definition) is 1. The Balaban J connectivity index is 0. The van der Waals surface area contributed by atoms with Crippen LogP contribution in [0.4, 0.5) is 0 Å². The van der Waals surface area contributed by atoms with E-state index < -0.39 is 5.97 Å². The van der Waals surface area contributed by atoms with E-state index in [1.807, 2.05) is 0 Å². The maximum Gasteiger partial charge on any atom is 0.303 e. The third kappa shape index (κ3) is 23.0. The standard InChI is InChI=1S/C18H34O2.Ce/c1-2-3-4-5-6-7-8-9-10-11-12-13-14-15-16-17-18(19)20;/h9-10H,2-8,11-17H2,1H3,(H,19,20);. The van der Waals surface area contributed by atoms with Gasteiger partial charge in [0.1, 0.15) is 0 Å². The fraction of sp³-hybridized carbons (Fsp3) is 0.833. The minimum atomic E-state index is -0.664. The second kappa shape index (κ2) is 20.6. The number of hydrogen-bond donors (Lipinski definition) is 1. The first-order chi connectivity index (χ1) is 9.77. The molecule has 0 aliphatic heterocycles. The van der Waals surface area contributed by atoms with Gasteiger partial charge in [0, 0.05) is 48.2 Å². The Morgan fingerprint density at radius 1 is 0.762 bits per heavy atom. The van der Waals surface area contributed by atoms with E-state index in [1.54, 1.807) is 0 Å².